The first-order chi connectivity index (χ1) is 4.75. The van der Waals surface area contributed by atoms with Crippen molar-refractivity contribution in [2.45, 2.75) is 33.1 Å². The Kier molecular flexibility index (Phi) is 2.35. The van der Waals surface area contributed by atoms with E-state index in [9.17, 15) is 0 Å². The standard InChI is InChI=1S/C9H18O/c1-4-9(7-10-3)6-5-8(9)2/h8H,4-7H2,1-3H3. The van der Waals surface area contributed by atoms with Crippen molar-refractivity contribution < 1.29 is 4.74 Å². The summed E-state index contributed by atoms with van der Waals surface area (Å²) >= 11 is 0. The molecule has 0 aromatic heterocycles. The molecular formula is C9H18O. The highest BCUT2D eigenvalue weighted by Crippen LogP contribution is 2.48. The highest BCUT2D eigenvalue weighted by Gasteiger charge is 2.41. The zero-order chi connectivity index (χ0) is 7.61. The van der Waals surface area contributed by atoms with Gasteiger partial charge in [-0.25, -0.2) is 0 Å². The lowest BCUT2D eigenvalue weighted by Crippen LogP contribution is -2.41. The Morgan fingerprint density at radius 1 is 1.60 bits per heavy atom. The summed E-state index contributed by atoms with van der Waals surface area (Å²) in [7, 11) is 1.81. The van der Waals surface area contributed by atoms with Gasteiger partial charge in [-0.3, -0.25) is 0 Å². The quantitative estimate of drug-likeness (QED) is 0.588. The molecule has 0 bridgehead atoms. The van der Waals surface area contributed by atoms with Crippen molar-refractivity contribution in [1.82, 2.24) is 0 Å². The maximum Gasteiger partial charge on any atom is 0.0521 e. The Balaban J connectivity index is 2.43. The van der Waals surface area contributed by atoms with Crippen molar-refractivity contribution in [3.8, 4) is 0 Å². The highest BCUT2D eigenvalue weighted by atomic mass is 16.5. The SMILES string of the molecule is CCC1(COC)CCC1C. The fourth-order valence-corrected chi connectivity index (χ4v) is 1.97. The van der Waals surface area contributed by atoms with Crippen molar-refractivity contribution in [2.24, 2.45) is 11.3 Å². The van der Waals surface area contributed by atoms with Gasteiger partial charge in [0, 0.05) is 7.11 Å². The molecule has 1 saturated carbocycles. The largest absolute Gasteiger partial charge is 0.384 e. The van der Waals surface area contributed by atoms with Gasteiger partial charge in [-0.05, 0) is 30.6 Å². The molecule has 60 valence electrons. The van der Waals surface area contributed by atoms with E-state index in [-0.39, 0.29) is 0 Å². The van der Waals surface area contributed by atoms with Crippen LogP contribution in [-0.4, -0.2) is 13.7 Å². The number of hydrogen-bond donors (Lipinski definition) is 0. The molecule has 0 aromatic carbocycles. The molecule has 1 heteroatoms. The van der Waals surface area contributed by atoms with E-state index in [1.165, 1.54) is 19.3 Å². The predicted molar refractivity (Wildman–Crippen MR) is 43.0 cm³/mol. The molecule has 10 heavy (non-hydrogen) atoms. The maximum absolute atomic E-state index is 5.21. The molecule has 0 aromatic rings. The molecule has 0 heterocycles. The van der Waals surface area contributed by atoms with E-state index in [2.05, 4.69) is 13.8 Å². The molecule has 1 fully saturated rings. The Morgan fingerprint density at radius 2 is 2.30 bits per heavy atom. The van der Waals surface area contributed by atoms with Gasteiger partial charge in [0.05, 0.1) is 6.61 Å². The van der Waals surface area contributed by atoms with Crippen LogP contribution >= 0.6 is 0 Å². The lowest BCUT2D eigenvalue weighted by atomic mass is 9.60. The Morgan fingerprint density at radius 3 is 2.40 bits per heavy atom. The van der Waals surface area contributed by atoms with E-state index >= 15 is 0 Å². The third-order valence-electron chi connectivity index (χ3n) is 3.26. The molecule has 1 aliphatic carbocycles. The first-order valence-electron chi connectivity index (χ1n) is 4.24. The Bertz CT molecular complexity index is 107. The van der Waals surface area contributed by atoms with E-state index in [1.807, 2.05) is 7.11 Å². The van der Waals surface area contributed by atoms with E-state index in [0.29, 0.717) is 5.41 Å². The van der Waals surface area contributed by atoms with Crippen molar-refractivity contribution >= 4 is 0 Å². The predicted octanol–water partition coefficient (Wildman–Crippen LogP) is 2.46. The van der Waals surface area contributed by atoms with Gasteiger partial charge in [0.1, 0.15) is 0 Å². The molecule has 0 spiro atoms. The minimum absolute atomic E-state index is 0.550. The van der Waals surface area contributed by atoms with Crippen LogP contribution in [-0.2, 0) is 4.74 Å². The topological polar surface area (TPSA) is 9.23 Å². The van der Waals surface area contributed by atoms with Crippen LogP contribution in [0.25, 0.3) is 0 Å². The smallest absolute Gasteiger partial charge is 0.0521 e. The lowest BCUT2D eigenvalue weighted by Gasteiger charge is -2.47. The van der Waals surface area contributed by atoms with Crippen LogP contribution < -0.4 is 0 Å². The zero-order valence-electron chi connectivity index (χ0n) is 7.31. The molecule has 2 unspecified atom stereocenters. The second kappa shape index (κ2) is 2.91. The van der Waals surface area contributed by atoms with Gasteiger partial charge in [-0.1, -0.05) is 13.8 Å². The summed E-state index contributed by atoms with van der Waals surface area (Å²) in [5.74, 6) is 0.887. The third kappa shape index (κ3) is 1.07. The van der Waals surface area contributed by atoms with Gasteiger partial charge in [-0.2, -0.15) is 0 Å². The second-order valence-corrected chi connectivity index (χ2v) is 3.59. The molecule has 0 radical (unpaired) electrons. The van der Waals surface area contributed by atoms with E-state index in [1.54, 1.807) is 0 Å². The normalized spacial score (nSPS) is 39.3. The number of rotatable bonds is 3. The summed E-state index contributed by atoms with van der Waals surface area (Å²) in [4.78, 5) is 0. The van der Waals surface area contributed by atoms with E-state index < -0.39 is 0 Å². The van der Waals surface area contributed by atoms with Crippen molar-refractivity contribution in [2.75, 3.05) is 13.7 Å². The summed E-state index contributed by atoms with van der Waals surface area (Å²) in [6.45, 7) is 5.57. The van der Waals surface area contributed by atoms with Crippen LogP contribution in [0.15, 0.2) is 0 Å². The first kappa shape index (κ1) is 8.06. The monoisotopic (exact) mass is 142 g/mol. The second-order valence-electron chi connectivity index (χ2n) is 3.59. The maximum atomic E-state index is 5.21. The van der Waals surface area contributed by atoms with Gasteiger partial charge in [0.2, 0.25) is 0 Å². The van der Waals surface area contributed by atoms with E-state index in [4.69, 9.17) is 4.74 Å². The fraction of sp³-hybridized carbons (Fsp3) is 1.00. The van der Waals surface area contributed by atoms with Gasteiger partial charge in [-0.15, -0.1) is 0 Å². The fourth-order valence-electron chi connectivity index (χ4n) is 1.97. The summed E-state index contributed by atoms with van der Waals surface area (Å²) < 4.78 is 5.21. The van der Waals surface area contributed by atoms with Crippen LogP contribution in [0.5, 0.6) is 0 Å². The third-order valence-corrected chi connectivity index (χ3v) is 3.26. The Hall–Kier alpha value is -0.0400. The summed E-state index contributed by atoms with van der Waals surface area (Å²) in [6.07, 6.45) is 4.05. The Labute approximate surface area is 63.8 Å². The summed E-state index contributed by atoms with van der Waals surface area (Å²) in [5.41, 5.74) is 0.550. The number of methoxy groups -OCH3 is 1. The zero-order valence-corrected chi connectivity index (χ0v) is 7.31. The minimum Gasteiger partial charge on any atom is -0.384 e. The van der Waals surface area contributed by atoms with Gasteiger partial charge in [0.15, 0.2) is 0 Å². The molecule has 1 nitrogen and oxygen atoms in total. The average molecular weight is 142 g/mol. The number of hydrogen-bond acceptors (Lipinski definition) is 1. The van der Waals surface area contributed by atoms with Crippen LogP contribution in [0.3, 0.4) is 0 Å². The first-order valence-corrected chi connectivity index (χ1v) is 4.24. The van der Waals surface area contributed by atoms with Gasteiger partial charge < -0.3 is 4.74 Å². The lowest BCUT2D eigenvalue weighted by molar-refractivity contribution is -0.0376. The minimum atomic E-state index is 0.550. The van der Waals surface area contributed by atoms with Gasteiger partial charge in [0.25, 0.3) is 0 Å². The summed E-state index contributed by atoms with van der Waals surface area (Å²) in [6, 6.07) is 0. The molecule has 0 amide bonds. The van der Waals surface area contributed by atoms with Crippen LogP contribution in [0.2, 0.25) is 0 Å². The van der Waals surface area contributed by atoms with Crippen LogP contribution in [0, 0.1) is 11.3 Å². The van der Waals surface area contributed by atoms with Crippen LogP contribution in [0.1, 0.15) is 33.1 Å². The molecule has 1 rings (SSSR count). The van der Waals surface area contributed by atoms with Crippen LogP contribution in [0.4, 0.5) is 0 Å². The number of ether oxygens (including phenoxy) is 1. The molecular weight excluding hydrogens is 124 g/mol. The molecule has 0 N–H and O–H groups in total. The highest BCUT2D eigenvalue weighted by molar-refractivity contribution is 4.91. The van der Waals surface area contributed by atoms with Crippen molar-refractivity contribution in [1.29, 1.82) is 0 Å². The molecule has 2 atom stereocenters. The van der Waals surface area contributed by atoms with Crippen molar-refractivity contribution in [3.05, 3.63) is 0 Å². The molecule has 0 aliphatic heterocycles. The average Bonchev–Trinajstić information content (AvgIpc) is 1.97. The van der Waals surface area contributed by atoms with E-state index in [0.717, 1.165) is 12.5 Å². The summed E-state index contributed by atoms with van der Waals surface area (Å²) in [5, 5.41) is 0. The van der Waals surface area contributed by atoms with Gasteiger partial charge >= 0.3 is 0 Å². The molecule has 1 aliphatic rings. The van der Waals surface area contributed by atoms with Crippen molar-refractivity contribution in [3.63, 3.8) is 0 Å². The molecule has 0 saturated heterocycles.